The fourth-order valence-electron chi connectivity index (χ4n) is 4.91. The lowest BCUT2D eigenvalue weighted by Crippen LogP contribution is -2.45. The van der Waals surface area contributed by atoms with E-state index in [-0.39, 0.29) is 42.1 Å². The molecule has 0 saturated carbocycles. The number of amides is 2. The summed E-state index contributed by atoms with van der Waals surface area (Å²) >= 11 is 1.08. The van der Waals surface area contributed by atoms with Crippen LogP contribution in [0.2, 0.25) is 0 Å². The van der Waals surface area contributed by atoms with Gasteiger partial charge in [0.25, 0.3) is 0 Å². The summed E-state index contributed by atoms with van der Waals surface area (Å²) in [5, 5.41) is 1.58. The number of hydrogen-bond acceptors (Lipinski definition) is 7. The van der Waals surface area contributed by atoms with Crippen LogP contribution in [0.4, 0.5) is 9.59 Å². The van der Waals surface area contributed by atoms with E-state index >= 15 is 0 Å². The Morgan fingerprint density at radius 1 is 1.12 bits per heavy atom. The van der Waals surface area contributed by atoms with Gasteiger partial charge in [0, 0.05) is 37.3 Å². The molecule has 3 aromatic rings. The Balaban J connectivity index is 1.59. The second-order valence-electron chi connectivity index (χ2n) is 11.1. The van der Waals surface area contributed by atoms with Crippen LogP contribution in [0.15, 0.2) is 79.6 Å². The van der Waals surface area contributed by atoms with E-state index in [9.17, 15) is 14.4 Å². The summed E-state index contributed by atoms with van der Waals surface area (Å²) < 4.78 is 10.9. The van der Waals surface area contributed by atoms with Crippen LogP contribution in [0.1, 0.15) is 38.3 Å². The lowest BCUT2D eigenvalue weighted by molar-refractivity contribution is -0.131. The number of nitrogens with zero attached hydrogens (tertiary/aromatic N) is 3. The molecule has 0 unspecified atom stereocenters. The van der Waals surface area contributed by atoms with Crippen molar-refractivity contribution in [2.45, 2.75) is 57.1 Å². The van der Waals surface area contributed by atoms with Crippen molar-refractivity contribution >= 4 is 39.8 Å². The minimum Gasteiger partial charge on any atom is -0.452 e. The van der Waals surface area contributed by atoms with E-state index in [0.717, 1.165) is 33.7 Å². The second kappa shape index (κ2) is 13.7. The van der Waals surface area contributed by atoms with Gasteiger partial charge in [-0.15, -0.1) is 0 Å². The van der Waals surface area contributed by atoms with Crippen molar-refractivity contribution in [1.82, 2.24) is 14.8 Å². The smallest absolute Gasteiger partial charge is 0.410 e. The highest BCUT2D eigenvalue weighted by atomic mass is 32.2. The molecule has 0 spiro atoms. The number of rotatable bonds is 9. The van der Waals surface area contributed by atoms with Gasteiger partial charge < -0.3 is 19.3 Å². The van der Waals surface area contributed by atoms with Crippen LogP contribution in [0.5, 0.6) is 0 Å². The third-order valence-electron chi connectivity index (χ3n) is 6.69. The Hall–Kier alpha value is -3.85. The van der Waals surface area contributed by atoms with Crippen LogP contribution in [0.3, 0.4) is 0 Å². The molecule has 1 aliphatic heterocycles. The number of carbonyl (C=O) groups is 3. The molecule has 1 aliphatic rings. The summed E-state index contributed by atoms with van der Waals surface area (Å²) in [6.45, 7) is 10.1. The number of fused-ring (bicyclic) bond motifs is 1. The number of thioether (sulfide) groups is 1. The predicted molar refractivity (Wildman–Crippen MR) is 162 cm³/mol. The molecule has 1 aromatic heterocycles. The van der Waals surface area contributed by atoms with Crippen LogP contribution in [0, 0.1) is 0 Å². The van der Waals surface area contributed by atoms with Gasteiger partial charge in [-0.05, 0) is 66.9 Å². The Kier molecular flexibility index (Phi) is 10.0. The molecule has 2 heterocycles. The van der Waals surface area contributed by atoms with Gasteiger partial charge in [0.15, 0.2) is 0 Å². The van der Waals surface area contributed by atoms with Crippen molar-refractivity contribution in [2.75, 3.05) is 19.7 Å². The van der Waals surface area contributed by atoms with Gasteiger partial charge in [0.05, 0.1) is 12.5 Å². The first-order valence-corrected chi connectivity index (χ1v) is 14.6. The highest BCUT2D eigenvalue weighted by molar-refractivity contribution is 8.13. The molecule has 41 heavy (non-hydrogen) atoms. The van der Waals surface area contributed by atoms with Gasteiger partial charge in [-0.1, -0.05) is 61.2 Å². The molecule has 0 bridgehead atoms. The maximum atomic E-state index is 13.8. The number of hydrogen-bond donors (Lipinski definition) is 0. The van der Waals surface area contributed by atoms with Crippen molar-refractivity contribution in [2.24, 2.45) is 0 Å². The molecule has 8 nitrogen and oxygen atoms in total. The summed E-state index contributed by atoms with van der Waals surface area (Å²) in [6, 6.07) is 17.5. The lowest BCUT2D eigenvalue weighted by Gasteiger charge is -2.31. The van der Waals surface area contributed by atoms with E-state index < -0.39 is 11.7 Å². The van der Waals surface area contributed by atoms with E-state index in [4.69, 9.17) is 9.47 Å². The summed E-state index contributed by atoms with van der Waals surface area (Å²) in [4.78, 5) is 47.0. The molecule has 1 fully saturated rings. The quantitative estimate of drug-likeness (QED) is 0.220. The van der Waals surface area contributed by atoms with Gasteiger partial charge in [0.1, 0.15) is 12.2 Å². The second-order valence-corrected chi connectivity index (χ2v) is 12.3. The predicted octanol–water partition coefficient (Wildman–Crippen LogP) is 6.24. The average Bonchev–Trinajstić information content (AvgIpc) is 3.32. The highest BCUT2D eigenvalue weighted by Gasteiger charge is 2.40. The zero-order valence-electron chi connectivity index (χ0n) is 23.8. The molecule has 4 rings (SSSR count). The van der Waals surface area contributed by atoms with Crippen molar-refractivity contribution in [3.8, 4) is 0 Å². The lowest BCUT2D eigenvalue weighted by atomic mass is 10.0. The Labute approximate surface area is 245 Å². The van der Waals surface area contributed by atoms with Gasteiger partial charge in [-0.25, -0.2) is 9.59 Å². The van der Waals surface area contributed by atoms with E-state index in [1.54, 1.807) is 22.2 Å². The highest BCUT2D eigenvalue weighted by Crippen LogP contribution is 2.32. The van der Waals surface area contributed by atoms with Crippen LogP contribution in [-0.4, -0.2) is 68.7 Å². The first kappa shape index (κ1) is 30.1. The first-order valence-electron chi connectivity index (χ1n) is 13.7. The third-order valence-corrected chi connectivity index (χ3v) is 7.64. The van der Waals surface area contributed by atoms with Crippen molar-refractivity contribution in [3.63, 3.8) is 0 Å². The zero-order chi connectivity index (χ0) is 29.4. The van der Waals surface area contributed by atoms with Crippen molar-refractivity contribution < 1.29 is 23.9 Å². The number of pyridine rings is 1. The first-order chi connectivity index (χ1) is 19.6. The molecular weight excluding hydrogens is 538 g/mol. The molecule has 0 aliphatic carbocycles. The topological polar surface area (TPSA) is 89.0 Å². The van der Waals surface area contributed by atoms with Crippen LogP contribution in [0.25, 0.3) is 10.8 Å². The monoisotopic (exact) mass is 575 g/mol. The number of benzene rings is 2. The van der Waals surface area contributed by atoms with E-state index in [1.807, 2.05) is 69.3 Å². The summed E-state index contributed by atoms with van der Waals surface area (Å²) in [5.41, 5.74) is 1.21. The van der Waals surface area contributed by atoms with Crippen molar-refractivity contribution in [1.29, 1.82) is 0 Å². The van der Waals surface area contributed by atoms with Crippen LogP contribution in [-0.2, 0) is 27.2 Å². The Morgan fingerprint density at radius 2 is 1.90 bits per heavy atom. The Bertz CT molecular complexity index is 1370. The molecule has 2 atom stereocenters. The average molecular weight is 576 g/mol. The van der Waals surface area contributed by atoms with Crippen LogP contribution < -0.4 is 0 Å². The van der Waals surface area contributed by atoms with E-state index in [0.29, 0.717) is 19.5 Å². The van der Waals surface area contributed by atoms with Gasteiger partial charge in [-0.2, -0.15) is 0 Å². The van der Waals surface area contributed by atoms with E-state index in [2.05, 4.69) is 17.6 Å². The molecule has 216 valence electrons. The molecule has 0 radical (unpaired) electrons. The third kappa shape index (κ3) is 8.57. The van der Waals surface area contributed by atoms with Gasteiger partial charge in [-0.3, -0.25) is 9.78 Å². The van der Waals surface area contributed by atoms with Crippen LogP contribution >= 0.6 is 11.8 Å². The largest absolute Gasteiger partial charge is 0.452 e. The molecular formula is C32H37N3O5S. The number of likely N-dealkylation sites (tertiary alicyclic amines) is 1. The summed E-state index contributed by atoms with van der Waals surface area (Å²) in [5.74, 6) is -0.0754. The fraction of sp³-hybridized carbons (Fsp3) is 0.375. The molecule has 0 N–H and O–H groups in total. The molecule has 2 aromatic carbocycles. The zero-order valence-corrected chi connectivity index (χ0v) is 24.6. The van der Waals surface area contributed by atoms with Gasteiger partial charge in [0.2, 0.25) is 5.91 Å². The SMILES string of the molecule is C=CCOC(=O)N1C[C@@H](SC(=O)OC(C)(C)C)C[C@H]1CN(Cc1cccc2ccccc12)C(=O)Cc1cccnc1. The number of aromatic nitrogens is 1. The number of carbonyl (C=O) groups excluding carboxylic acids is 3. The fourth-order valence-corrected chi connectivity index (χ4v) is 6.04. The summed E-state index contributed by atoms with van der Waals surface area (Å²) in [7, 11) is 0. The summed E-state index contributed by atoms with van der Waals surface area (Å²) in [6.07, 6.45) is 5.08. The molecule has 1 saturated heterocycles. The normalized spacial score (nSPS) is 16.8. The molecule has 9 heteroatoms. The standard InChI is InChI=1S/C32H37N3O5S/c1-5-16-39-30(37)35-22-27(41-31(38)40-32(2,3)4)18-26(35)21-34(29(36)17-23-10-9-15-33-19-23)20-25-13-8-12-24-11-6-7-14-28(24)25/h5-15,19,26-27H,1,16-18,20-22H2,2-4H3/t26-,27-/m0/s1. The van der Waals surface area contributed by atoms with E-state index in [1.165, 1.54) is 6.08 Å². The van der Waals surface area contributed by atoms with Crippen molar-refractivity contribution in [3.05, 3.63) is 90.8 Å². The Morgan fingerprint density at radius 3 is 2.63 bits per heavy atom. The minimum absolute atomic E-state index is 0.0750. The number of ether oxygens (including phenoxy) is 2. The molecule has 2 amide bonds. The van der Waals surface area contributed by atoms with Gasteiger partial charge >= 0.3 is 11.4 Å². The minimum atomic E-state index is -0.612. The maximum Gasteiger partial charge on any atom is 0.410 e. The maximum absolute atomic E-state index is 13.8.